The van der Waals surface area contributed by atoms with Crippen LogP contribution in [0.1, 0.15) is 0 Å². The largest absolute Gasteiger partial charge is 0.497 e. The molecule has 1 aromatic rings. The van der Waals surface area contributed by atoms with Gasteiger partial charge in [-0.2, -0.15) is 4.31 Å². The van der Waals surface area contributed by atoms with Gasteiger partial charge in [0.05, 0.1) is 30.3 Å². The van der Waals surface area contributed by atoms with Gasteiger partial charge in [-0.3, -0.25) is 10.1 Å². The zero-order valence-electron chi connectivity index (χ0n) is 11.0. The van der Waals surface area contributed by atoms with Crippen molar-refractivity contribution in [3.63, 3.8) is 0 Å². The number of hydrogen-bond acceptors (Lipinski definition) is 7. The lowest BCUT2D eigenvalue weighted by molar-refractivity contribution is -0.387. The Bertz CT molecular complexity index is 651. The van der Waals surface area contributed by atoms with Crippen LogP contribution >= 0.6 is 0 Å². The van der Waals surface area contributed by atoms with E-state index in [-0.39, 0.29) is 18.8 Å². The Hall–Kier alpha value is -1.75. The van der Waals surface area contributed by atoms with Gasteiger partial charge in [-0.05, 0) is 12.1 Å². The number of nitro benzene ring substituents is 1. The first kappa shape index (κ1) is 15.6. The quantitative estimate of drug-likeness (QED) is 0.556. The predicted octanol–water partition coefficient (Wildman–Crippen LogP) is -0.671. The van der Waals surface area contributed by atoms with Crippen molar-refractivity contribution in [2.75, 3.05) is 20.2 Å². The Kier molecular flexibility index (Phi) is 4.14. The number of nitrogens with zero attached hydrogens (tertiary/aromatic N) is 2. The smallest absolute Gasteiger partial charge is 0.293 e. The van der Waals surface area contributed by atoms with Gasteiger partial charge in [0.2, 0.25) is 10.0 Å². The topological polar surface area (TPSA) is 130 Å². The molecule has 9 nitrogen and oxygen atoms in total. The van der Waals surface area contributed by atoms with Gasteiger partial charge in [0, 0.05) is 13.1 Å². The first-order chi connectivity index (χ1) is 9.77. The molecule has 0 spiro atoms. The van der Waals surface area contributed by atoms with E-state index < -0.39 is 37.7 Å². The summed E-state index contributed by atoms with van der Waals surface area (Å²) in [6.45, 7) is -0.626. The van der Waals surface area contributed by atoms with E-state index in [2.05, 4.69) is 0 Å². The van der Waals surface area contributed by atoms with E-state index in [9.17, 15) is 28.7 Å². The van der Waals surface area contributed by atoms with Gasteiger partial charge in [0.25, 0.3) is 5.69 Å². The van der Waals surface area contributed by atoms with Crippen LogP contribution in [0, 0.1) is 10.1 Å². The van der Waals surface area contributed by atoms with Crippen molar-refractivity contribution in [1.82, 2.24) is 4.31 Å². The highest BCUT2D eigenvalue weighted by Crippen LogP contribution is 2.31. The average Bonchev–Trinajstić information content (AvgIpc) is 2.78. The molecule has 2 atom stereocenters. The highest BCUT2D eigenvalue weighted by Gasteiger charge is 2.40. The molecule has 1 aliphatic heterocycles. The van der Waals surface area contributed by atoms with Crippen LogP contribution in [0.5, 0.6) is 5.75 Å². The maximum atomic E-state index is 12.4. The summed E-state index contributed by atoms with van der Waals surface area (Å²) in [5.41, 5.74) is -0.620. The number of aliphatic hydroxyl groups excluding tert-OH is 2. The first-order valence-electron chi connectivity index (χ1n) is 5.96. The van der Waals surface area contributed by atoms with Crippen molar-refractivity contribution in [3.05, 3.63) is 28.3 Å². The second-order valence-corrected chi connectivity index (χ2v) is 6.45. The number of sulfonamides is 1. The molecule has 0 aliphatic carbocycles. The van der Waals surface area contributed by atoms with Gasteiger partial charge < -0.3 is 14.9 Å². The second kappa shape index (κ2) is 5.56. The highest BCUT2D eigenvalue weighted by molar-refractivity contribution is 7.89. The lowest BCUT2D eigenvalue weighted by Crippen LogP contribution is -2.30. The summed E-state index contributed by atoms with van der Waals surface area (Å²) in [4.78, 5) is 9.72. The maximum absolute atomic E-state index is 12.4. The fraction of sp³-hybridized carbons (Fsp3) is 0.455. The van der Waals surface area contributed by atoms with Crippen molar-refractivity contribution in [2.45, 2.75) is 17.1 Å². The van der Waals surface area contributed by atoms with Crippen LogP contribution in [0.3, 0.4) is 0 Å². The van der Waals surface area contributed by atoms with Crippen molar-refractivity contribution in [3.8, 4) is 5.75 Å². The Morgan fingerprint density at radius 3 is 2.38 bits per heavy atom. The molecule has 1 aromatic carbocycles. The second-order valence-electron chi connectivity index (χ2n) is 4.55. The Morgan fingerprint density at radius 2 is 1.90 bits per heavy atom. The molecule has 2 N–H and O–H groups in total. The molecule has 2 unspecified atom stereocenters. The molecular formula is C11H14N2O7S. The Morgan fingerprint density at radius 1 is 1.33 bits per heavy atom. The van der Waals surface area contributed by atoms with Crippen LogP contribution in [-0.4, -0.2) is 60.3 Å². The fourth-order valence-electron chi connectivity index (χ4n) is 2.06. The molecular weight excluding hydrogens is 304 g/mol. The van der Waals surface area contributed by atoms with Gasteiger partial charge in [0.15, 0.2) is 4.90 Å². The summed E-state index contributed by atoms with van der Waals surface area (Å²) in [6.07, 6.45) is -2.42. The third-order valence-corrected chi connectivity index (χ3v) is 5.09. The van der Waals surface area contributed by atoms with Gasteiger partial charge in [-0.15, -0.1) is 0 Å². The summed E-state index contributed by atoms with van der Waals surface area (Å²) >= 11 is 0. The van der Waals surface area contributed by atoms with Gasteiger partial charge >= 0.3 is 0 Å². The van der Waals surface area contributed by atoms with E-state index in [0.29, 0.717) is 0 Å². The Balaban J connectivity index is 2.48. The lowest BCUT2D eigenvalue weighted by Gasteiger charge is -2.15. The molecule has 0 radical (unpaired) electrons. The zero-order valence-corrected chi connectivity index (χ0v) is 11.9. The van der Waals surface area contributed by atoms with E-state index in [0.717, 1.165) is 16.4 Å². The van der Waals surface area contributed by atoms with Crippen LogP contribution in [0.15, 0.2) is 23.1 Å². The predicted molar refractivity (Wildman–Crippen MR) is 70.4 cm³/mol. The molecule has 21 heavy (non-hydrogen) atoms. The Labute approximate surface area is 120 Å². The normalized spacial score (nSPS) is 23.2. The summed E-state index contributed by atoms with van der Waals surface area (Å²) < 4.78 is 30.5. The molecule has 0 saturated carbocycles. The van der Waals surface area contributed by atoms with E-state index in [1.54, 1.807) is 0 Å². The summed E-state index contributed by atoms with van der Waals surface area (Å²) in [5.74, 6) is 0.155. The van der Waals surface area contributed by atoms with Gasteiger partial charge in [-0.25, -0.2) is 8.42 Å². The van der Waals surface area contributed by atoms with Crippen LogP contribution in [0.2, 0.25) is 0 Å². The number of β-amino-alcohol motifs (C(OH)–C–C–N with tert-alkyl or cyclic N) is 2. The van der Waals surface area contributed by atoms with Crippen LogP contribution in [0.4, 0.5) is 5.69 Å². The van der Waals surface area contributed by atoms with E-state index in [1.165, 1.54) is 13.2 Å². The molecule has 0 aromatic heterocycles. The minimum Gasteiger partial charge on any atom is -0.497 e. The third-order valence-electron chi connectivity index (χ3n) is 3.21. The van der Waals surface area contributed by atoms with Crippen molar-refractivity contribution in [1.29, 1.82) is 0 Å². The number of aliphatic hydroxyl groups is 2. The number of methoxy groups -OCH3 is 1. The fourth-order valence-corrected chi connectivity index (χ4v) is 3.67. The molecule has 1 aliphatic rings. The first-order valence-corrected chi connectivity index (χ1v) is 7.40. The zero-order chi connectivity index (χ0) is 15.8. The number of hydrogen-bond donors (Lipinski definition) is 2. The SMILES string of the molecule is COc1ccc(S(=O)(=O)N2CC(O)C(O)C2)c([N+](=O)[O-])c1. The minimum absolute atomic E-state index is 0.155. The molecule has 1 saturated heterocycles. The number of ether oxygens (including phenoxy) is 1. The lowest BCUT2D eigenvalue weighted by atomic mass is 10.3. The summed E-state index contributed by atoms with van der Waals surface area (Å²) in [7, 11) is -2.88. The third kappa shape index (κ3) is 2.83. The van der Waals surface area contributed by atoms with E-state index >= 15 is 0 Å². The summed E-state index contributed by atoms with van der Waals surface area (Å²) in [6, 6.07) is 3.38. The molecule has 116 valence electrons. The number of nitro groups is 1. The van der Waals surface area contributed by atoms with Crippen LogP contribution < -0.4 is 4.74 Å². The molecule has 1 fully saturated rings. The number of benzene rings is 1. The van der Waals surface area contributed by atoms with Gasteiger partial charge in [0.1, 0.15) is 5.75 Å². The molecule has 0 amide bonds. The standard InChI is InChI=1S/C11H14N2O7S/c1-20-7-2-3-11(8(4-7)13(16)17)21(18,19)12-5-9(14)10(15)6-12/h2-4,9-10,14-15H,5-6H2,1H3. The van der Waals surface area contributed by atoms with E-state index in [4.69, 9.17) is 4.74 Å². The van der Waals surface area contributed by atoms with Crippen LogP contribution in [0.25, 0.3) is 0 Å². The number of rotatable bonds is 4. The van der Waals surface area contributed by atoms with Crippen molar-refractivity contribution in [2.24, 2.45) is 0 Å². The monoisotopic (exact) mass is 318 g/mol. The van der Waals surface area contributed by atoms with E-state index in [1.807, 2.05) is 0 Å². The van der Waals surface area contributed by atoms with Crippen molar-refractivity contribution >= 4 is 15.7 Å². The molecule has 1 heterocycles. The minimum atomic E-state index is -4.19. The summed E-state index contributed by atoms with van der Waals surface area (Å²) in [5, 5.41) is 29.9. The molecule has 10 heteroatoms. The van der Waals surface area contributed by atoms with Crippen molar-refractivity contribution < 1.29 is 28.3 Å². The molecule has 2 rings (SSSR count). The highest BCUT2D eigenvalue weighted by atomic mass is 32.2. The average molecular weight is 318 g/mol. The maximum Gasteiger partial charge on any atom is 0.293 e. The van der Waals surface area contributed by atoms with Crippen LogP contribution in [-0.2, 0) is 10.0 Å². The van der Waals surface area contributed by atoms with Gasteiger partial charge in [-0.1, -0.05) is 0 Å². The molecule has 0 bridgehead atoms.